The first-order valence-corrected chi connectivity index (χ1v) is 19.5. The van der Waals surface area contributed by atoms with E-state index in [9.17, 15) is 14.7 Å². The fourth-order valence-corrected chi connectivity index (χ4v) is 8.22. The summed E-state index contributed by atoms with van der Waals surface area (Å²) in [5, 5.41) is 23.1. The molecule has 1 aliphatic heterocycles. The second-order valence-corrected chi connectivity index (χ2v) is 15.0. The van der Waals surface area contributed by atoms with E-state index in [4.69, 9.17) is 9.47 Å². The van der Waals surface area contributed by atoms with Crippen molar-refractivity contribution in [3.05, 3.63) is 149 Å². The number of nitrogens with zero attached hydrogens (tertiary/aromatic N) is 3. The first kappa shape index (κ1) is 35.9. The van der Waals surface area contributed by atoms with E-state index in [1.807, 2.05) is 73.7 Å². The highest BCUT2D eigenvalue weighted by molar-refractivity contribution is 8.00. The van der Waals surface area contributed by atoms with Crippen molar-refractivity contribution in [2.45, 2.75) is 55.9 Å². The van der Waals surface area contributed by atoms with Crippen LogP contribution in [0.15, 0.2) is 125 Å². The number of anilines is 1. The zero-order valence-corrected chi connectivity index (χ0v) is 31.2. The first-order valence-electron chi connectivity index (χ1n) is 17.7. The third-order valence-corrected chi connectivity index (χ3v) is 11.4. The number of benzene rings is 5. The van der Waals surface area contributed by atoms with Crippen molar-refractivity contribution in [1.29, 1.82) is 0 Å². The van der Waals surface area contributed by atoms with Crippen molar-refractivity contribution in [3.63, 3.8) is 0 Å². The van der Waals surface area contributed by atoms with E-state index >= 15 is 0 Å². The van der Waals surface area contributed by atoms with Crippen molar-refractivity contribution in [2.75, 3.05) is 11.5 Å². The number of aliphatic hydroxyl groups is 1. The number of carbonyl (C=O) groups is 2. The second-order valence-electron chi connectivity index (χ2n) is 12.8. The van der Waals surface area contributed by atoms with Gasteiger partial charge in [0, 0.05) is 11.3 Å². The Bertz CT molecular complexity index is 2260. The van der Waals surface area contributed by atoms with Crippen molar-refractivity contribution in [3.8, 4) is 11.5 Å². The number of amides is 1. The Balaban J connectivity index is 1.18. The van der Waals surface area contributed by atoms with E-state index in [-0.39, 0.29) is 16.5 Å². The van der Waals surface area contributed by atoms with Gasteiger partial charge in [0.15, 0.2) is 4.34 Å². The molecule has 1 N–H and O–H groups in total. The lowest BCUT2D eigenvalue weighted by Gasteiger charge is -2.22. The molecule has 0 aliphatic carbocycles. The number of aryl methyl sites for hydroxylation is 1. The molecule has 1 amide bonds. The highest BCUT2D eigenvalue weighted by Gasteiger charge is 2.48. The molecule has 1 aromatic heterocycles. The van der Waals surface area contributed by atoms with Gasteiger partial charge in [-0.2, -0.15) is 0 Å². The highest BCUT2D eigenvalue weighted by Crippen LogP contribution is 2.44. The molecule has 10 heteroatoms. The molecular weight excluding hydrogens is 703 g/mol. The quantitative estimate of drug-likeness (QED) is 0.0294. The smallest absolute Gasteiger partial charge is 0.301 e. The number of unbranched alkanes of at least 4 members (excludes halogenated alkanes) is 2. The lowest BCUT2D eigenvalue weighted by molar-refractivity contribution is -0.132. The van der Waals surface area contributed by atoms with Crippen LogP contribution < -0.4 is 14.4 Å². The molecular formula is C43H39N3O5S2. The topological polar surface area (TPSA) is 102 Å². The summed E-state index contributed by atoms with van der Waals surface area (Å²) in [4.78, 5) is 29.1. The standard InChI is InChI=1S/C43H39N3O5S2/c1-3-4-9-25-50-34-21-17-30(18-22-34)38-37(39(47)31-19-23-35(24-20-31)51-26-32-13-6-5-11-28(32)2)40(48)41(49)46(38)42-44-45-43(53-42)52-27-33-15-10-14-29-12-7-8-16-36(29)33/h5-8,10-24,38,47H,3-4,9,25-27H2,1-2H3. The lowest BCUT2D eigenvalue weighted by Crippen LogP contribution is -2.29. The SMILES string of the molecule is CCCCCOc1ccc(C2C(=C(O)c3ccc(OCc4ccccc4C)cc3)C(=O)C(=O)N2c2nnc(SCc3cccc4ccccc34)s2)cc1. The molecule has 1 unspecified atom stereocenters. The summed E-state index contributed by atoms with van der Waals surface area (Å²) < 4.78 is 12.6. The van der Waals surface area contributed by atoms with Gasteiger partial charge in [-0.15, -0.1) is 10.2 Å². The molecule has 1 saturated heterocycles. The average molecular weight is 742 g/mol. The van der Waals surface area contributed by atoms with E-state index in [1.54, 1.807) is 24.3 Å². The first-order chi connectivity index (χ1) is 25.9. The van der Waals surface area contributed by atoms with Crippen LogP contribution in [0.3, 0.4) is 0 Å². The number of Topliss-reactive ketones (excluding diaryl/α,β-unsaturated/α-hetero) is 1. The zero-order chi connectivity index (χ0) is 36.7. The fraction of sp³-hybridized carbons (Fsp3) is 0.209. The summed E-state index contributed by atoms with van der Waals surface area (Å²) in [6.07, 6.45) is 3.13. The van der Waals surface area contributed by atoms with Crippen LogP contribution in [0, 0.1) is 6.92 Å². The maximum atomic E-state index is 13.9. The van der Waals surface area contributed by atoms with E-state index < -0.39 is 17.7 Å². The number of carbonyl (C=O) groups excluding carboxylic acids is 2. The molecule has 2 heterocycles. The molecule has 1 aliphatic rings. The van der Waals surface area contributed by atoms with Gasteiger partial charge in [0.05, 0.1) is 18.2 Å². The highest BCUT2D eigenvalue weighted by atomic mass is 32.2. The summed E-state index contributed by atoms with van der Waals surface area (Å²) in [5.74, 6) is 0.0905. The van der Waals surface area contributed by atoms with E-state index in [0.29, 0.717) is 45.9 Å². The van der Waals surface area contributed by atoms with Gasteiger partial charge in [0.1, 0.15) is 23.9 Å². The van der Waals surface area contributed by atoms with Gasteiger partial charge < -0.3 is 14.6 Å². The number of hydrogen-bond donors (Lipinski definition) is 1. The summed E-state index contributed by atoms with van der Waals surface area (Å²) in [6.45, 7) is 5.17. The molecule has 7 rings (SSSR count). The largest absolute Gasteiger partial charge is 0.507 e. The average Bonchev–Trinajstić information content (AvgIpc) is 3.76. The Morgan fingerprint density at radius 2 is 1.51 bits per heavy atom. The number of ketones is 1. The van der Waals surface area contributed by atoms with E-state index in [0.717, 1.165) is 41.3 Å². The molecule has 0 radical (unpaired) electrons. The summed E-state index contributed by atoms with van der Waals surface area (Å²) in [6, 6.07) is 35.7. The van der Waals surface area contributed by atoms with Gasteiger partial charge in [0.25, 0.3) is 5.78 Å². The number of ether oxygens (including phenoxy) is 2. The fourth-order valence-electron chi connectivity index (χ4n) is 6.35. The minimum absolute atomic E-state index is 0.0275. The molecule has 6 aromatic rings. The summed E-state index contributed by atoms with van der Waals surface area (Å²) in [7, 11) is 0. The van der Waals surface area contributed by atoms with Crippen LogP contribution in [0.25, 0.3) is 16.5 Å². The molecule has 1 fully saturated rings. The van der Waals surface area contributed by atoms with Gasteiger partial charge in [0.2, 0.25) is 5.13 Å². The van der Waals surface area contributed by atoms with Crippen LogP contribution in [0.5, 0.6) is 11.5 Å². The molecule has 53 heavy (non-hydrogen) atoms. The minimum Gasteiger partial charge on any atom is -0.507 e. The number of aliphatic hydroxyl groups excluding tert-OH is 1. The lowest BCUT2D eigenvalue weighted by atomic mass is 9.95. The van der Waals surface area contributed by atoms with Crippen molar-refractivity contribution < 1.29 is 24.2 Å². The van der Waals surface area contributed by atoms with Crippen LogP contribution in [0.2, 0.25) is 0 Å². The van der Waals surface area contributed by atoms with Crippen LogP contribution >= 0.6 is 23.1 Å². The van der Waals surface area contributed by atoms with Gasteiger partial charge >= 0.3 is 5.91 Å². The predicted molar refractivity (Wildman–Crippen MR) is 212 cm³/mol. The molecule has 1 atom stereocenters. The van der Waals surface area contributed by atoms with E-state index in [2.05, 4.69) is 41.4 Å². The number of aromatic nitrogens is 2. The minimum atomic E-state index is -0.940. The summed E-state index contributed by atoms with van der Waals surface area (Å²) >= 11 is 2.76. The normalized spacial score (nSPS) is 15.3. The van der Waals surface area contributed by atoms with Crippen molar-refractivity contribution in [1.82, 2.24) is 10.2 Å². The number of thioether (sulfide) groups is 1. The maximum absolute atomic E-state index is 13.9. The predicted octanol–water partition coefficient (Wildman–Crippen LogP) is 10.1. The number of fused-ring (bicyclic) bond motifs is 1. The Morgan fingerprint density at radius 3 is 2.30 bits per heavy atom. The summed E-state index contributed by atoms with van der Waals surface area (Å²) in [5.41, 5.74) is 4.35. The third-order valence-electron chi connectivity index (χ3n) is 9.27. The van der Waals surface area contributed by atoms with Gasteiger partial charge in [-0.1, -0.05) is 122 Å². The molecule has 268 valence electrons. The Morgan fingerprint density at radius 1 is 0.811 bits per heavy atom. The Kier molecular flexibility index (Phi) is 11.2. The molecule has 5 aromatic carbocycles. The van der Waals surface area contributed by atoms with Crippen LogP contribution in [0.1, 0.15) is 60.0 Å². The maximum Gasteiger partial charge on any atom is 0.301 e. The molecule has 8 nitrogen and oxygen atoms in total. The van der Waals surface area contributed by atoms with Crippen LogP contribution in [-0.4, -0.2) is 33.6 Å². The monoisotopic (exact) mass is 741 g/mol. The van der Waals surface area contributed by atoms with Crippen LogP contribution in [0.4, 0.5) is 5.13 Å². The molecule has 0 saturated carbocycles. The van der Waals surface area contributed by atoms with Crippen molar-refractivity contribution >= 4 is 56.5 Å². The zero-order valence-electron chi connectivity index (χ0n) is 29.5. The molecule has 0 spiro atoms. The Hall–Kier alpha value is -5.45. The van der Waals surface area contributed by atoms with Gasteiger partial charge in [-0.25, -0.2) is 0 Å². The van der Waals surface area contributed by atoms with Crippen molar-refractivity contribution in [2.24, 2.45) is 0 Å². The van der Waals surface area contributed by atoms with Gasteiger partial charge in [-0.05, 0) is 82.8 Å². The number of rotatable bonds is 14. The molecule has 0 bridgehead atoms. The Labute approximate surface area is 317 Å². The number of hydrogen-bond acceptors (Lipinski definition) is 9. The van der Waals surface area contributed by atoms with Gasteiger partial charge in [-0.3, -0.25) is 14.5 Å². The van der Waals surface area contributed by atoms with E-state index in [1.165, 1.54) is 33.4 Å². The van der Waals surface area contributed by atoms with Crippen LogP contribution in [-0.2, 0) is 21.9 Å². The third kappa shape index (κ3) is 7.99. The second kappa shape index (κ2) is 16.5.